The smallest absolute Gasteiger partial charge is 0.406 e. The molecule has 0 aliphatic heterocycles. The van der Waals surface area contributed by atoms with E-state index in [4.69, 9.17) is 0 Å². The fourth-order valence-electron chi connectivity index (χ4n) is 1.41. The van der Waals surface area contributed by atoms with E-state index in [0.29, 0.717) is 0 Å². The maximum atomic E-state index is 9.85. The van der Waals surface area contributed by atoms with E-state index in [1.165, 1.54) is 46.3 Å². The number of nitrogens with one attached hydrogen (secondary N) is 1. The van der Waals surface area contributed by atoms with Gasteiger partial charge in [0, 0.05) is 7.05 Å². The molecular weight excluding hydrogens is 166 g/mol. The molecular formula is C10H21NO2. The lowest BCUT2D eigenvalue weighted by Gasteiger charge is -2.15. The average molecular weight is 187 g/mol. The number of hydrogen-bond donors (Lipinski definition) is 1. The Bertz CT molecular complexity index is 125. The molecule has 78 valence electrons. The average Bonchev–Trinajstić information content (AvgIpc) is 2.19. The highest BCUT2D eigenvalue weighted by Crippen LogP contribution is 2.21. The lowest BCUT2D eigenvalue weighted by atomic mass is 9.91. The van der Waals surface area contributed by atoms with Crippen LogP contribution in [0.15, 0.2) is 0 Å². The van der Waals surface area contributed by atoms with Crippen LogP contribution in [-0.2, 0) is 4.74 Å². The summed E-state index contributed by atoms with van der Waals surface area (Å²) in [5, 5.41) is 2.25. The van der Waals surface area contributed by atoms with E-state index in [2.05, 4.69) is 17.0 Å². The highest BCUT2D eigenvalue weighted by atomic mass is 16.5. The molecule has 0 radical (unpaired) electrons. The molecule has 1 N–H and O–H groups in total. The molecule has 1 rings (SSSR count). The summed E-state index contributed by atoms with van der Waals surface area (Å²) in [5.74, 6) is 1.04. The number of hydrogen-bond acceptors (Lipinski definition) is 2. The summed E-state index contributed by atoms with van der Waals surface area (Å²) in [6.07, 6.45) is 7.03. The zero-order valence-corrected chi connectivity index (χ0v) is 8.93. The van der Waals surface area contributed by atoms with Crippen LogP contribution < -0.4 is 5.32 Å². The molecule has 13 heavy (non-hydrogen) atoms. The Labute approximate surface area is 80.8 Å². The topological polar surface area (TPSA) is 38.3 Å². The van der Waals surface area contributed by atoms with Crippen LogP contribution in [0.5, 0.6) is 0 Å². The first-order valence-electron chi connectivity index (χ1n) is 4.96. The number of carbonyl (C=O) groups excluding carboxylic acids is 1. The van der Waals surface area contributed by atoms with Crippen LogP contribution in [0.4, 0.5) is 4.79 Å². The molecule has 1 aliphatic rings. The van der Waals surface area contributed by atoms with E-state index in [-0.39, 0.29) is 0 Å². The molecule has 1 fully saturated rings. The van der Waals surface area contributed by atoms with E-state index in [0.717, 1.165) is 5.92 Å². The van der Waals surface area contributed by atoms with Gasteiger partial charge in [-0.2, -0.15) is 0 Å². The molecule has 1 amide bonds. The Morgan fingerprint density at radius 1 is 1.31 bits per heavy atom. The lowest BCUT2D eigenvalue weighted by molar-refractivity contribution is 0.173. The SMILES string of the molecule is CC1CCCCC1.CNC(=O)OC. The highest BCUT2D eigenvalue weighted by molar-refractivity contribution is 5.66. The van der Waals surface area contributed by atoms with Crippen LogP contribution in [0.1, 0.15) is 39.0 Å². The number of carbonyl (C=O) groups is 1. The van der Waals surface area contributed by atoms with Crippen molar-refractivity contribution in [2.24, 2.45) is 5.92 Å². The van der Waals surface area contributed by atoms with Gasteiger partial charge in [0.2, 0.25) is 0 Å². The molecule has 3 heteroatoms. The molecule has 0 aromatic carbocycles. The molecule has 0 aromatic heterocycles. The van der Waals surface area contributed by atoms with Gasteiger partial charge in [-0.15, -0.1) is 0 Å². The summed E-state index contributed by atoms with van der Waals surface area (Å²) in [4.78, 5) is 9.85. The molecule has 3 nitrogen and oxygen atoms in total. The van der Waals surface area contributed by atoms with Crippen molar-refractivity contribution in [2.75, 3.05) is 14.2 Å². The third-order valence-electron chi connectivity index (χ3n) is 2.28. The van der Waals surface area contributed by atoms with Crippen molar-refractivity contribution in [2.45, 2.75) is 39.0 Å². The van der Waals surface area contributed by atoms with Crippen LogP contribution in [0.3, 0.4) is 0 Å². The third kappa shape index (κ3) is 7.62. The van der Waals surface area contributed by atoms with Crippen molar-refractivity contribution in [1.82, 2.24) is 5.32 Å². The number of alkyl carbamates (subject to hydrolysis) is 1. The second-order valence-corrected chi connectivity index (χ2v) is 3.48. The van der Waals surface area contributed by atoms with E-state index in [1.54, 1.807) is 0 Å². The quantitative estimate of drug-likeness (QED) is 0.633. The standard InChI is InChI=1S/C7H14.C3H7NO2/c1-7-5-3-2-4-6-7;1-4-3(5)6-2/h7H,2-6H2,1H3;1-2H3,(H,4,5). The van der Waals surface area contributed by atoms with E-state index in [9.17, 15) is 4.79 Å². The van der Waals surface area contributed by atoms with Gasteiger partial charge in [0.1, 0.15) is 0 Å². The van der Waals surface area contributed by atoms with Crippen LogP contribution >= 0.6 is 0 Å². The number of ether oxygens (including phenoxy) is 1. The van der Waals surface area contributed by atoms with Crippen LogP contribution in [0, 0.1) is 5.92 Å². The van der Waals surface area contributed by atoms with Gasteiger partial charge in [-0.3, -0.25) is 0 Å². The van der Waals surface area contributed by atoms with Gasteiger partial charge in [-0.25, -0.2) is 4.79 Å². The summed E-state index contributed by atoms with van der Waals surface area (Å²) in [6.45, 7) is 2.36. The number of methoxy groups -OCH3 is 1. The molecule has 0 unspecified atom stereocenters. The minimum absolute atomic E-state index is 0.407. The maximum Gasteiger partial charge on any atom is 0.406 e. The normalized spacial score (nSPS) is 16.8. The second kappa shape index (κ2) is 7.90. The Hall–Kier alpha value is -0.730. The van der Waals surface area contributed by atoms with Gasteiger partial charge < -0.3 is 10.1 Å². The van der Waals surface area contributed by atoms with E-state index < -0.39 is 6.09 Å². The maximum absolute atomic E-state index is 9.85. The van der Waals surface area contributed by atoms with Crippen molar-refractivity contribution in [3.05, 3.63) is 0 Å². The molecule has 1 aliphatic carbocycles. The molecule has 0 bridgehead atoms. The highest BCUT2D eigenvalue weighted by Gasteiger charge is 2.05. The Morgan fingerprint density at radius 2 is 1.85 bits per heavy atom. The van der Waals surface area contributed by atoms with E-state index in [1.807, 2.05) is 0 Å². The van der Waals surface area contributed by atoms with Crippen molar-refractivity contribution in [1.29, 1.82) is 0 Å². The minimum Gasteiger partial charge on any atom is -0.453 e. The first kappa shape index (κ1) is 12.3. The molecule has 1 saturated carbocycles. The first-order chi connectivity index (χ1) is 6.20. The van der Waals surface area contributed by atoms with Gasteiger partial charge in [0.05, 0.1) is 7.11 Å². The van der Waals surface area contributed by atoms with Gasteiger partial charge in [0.15, 0.2) is 0 Å². The van der Waals surface area contributed by atoms with Crippen molar-refractivity contribution >= 4 is 6.09 Å². The predicted octanol–water partition coefficient (Wildman–Crippen LogP) is 2.56. The monoisotopic (exact) mass is 187 g/mol. The number of amides is 1. The Balaban J connectivity index is 0.000000226. The Morgan fingerprint density at radius 3 is 2.00 bits per heavy atom. The van der Waals surface area contributed by atoms with Crippen molar-refractivity contribution in [3.63, 3.8) is 0 Å². The predicted molar refractivity (Wildman–Crippen MR) is 53.7 cm³/mol. The molecule has 0 aromatic rings. The molecule has 0 saturated heterocycles. The summed E-state index contributed by atoms with van der Waals surface area (Å²) >= 11 is 0. The molecule has 0 spiro atoms. The lowest BCUT2D eigenvalue weighted by Crippen LogP contribution is -2.16. The molecule has 0 atom stereocenters. The first-order valence-corrected chi connectivity index (χ1v) is 4.96. The van der Waals surface area contributed by atoms with Gasteiger partial charge >= 0.3 is 6.09 Å². The summed E-state index contributed by atoms with van der Waals surface area (Å²) < 4.78 is 4.15. The summed E-state index contributed by atoms with van der Waals surface area (Å²) in [6, 6.07) is 0. The fourth-order valence-corrected chi connectivity index (χ4v) is 1.41. The second-order valence-electron chi connectivity index (χ2n) is 3.48. The summed E-state index contributed by atoms with van der Waals surface area (Å²) in [5.41, 5.74) is 0. The van der Waals surface area contributed by atoms with Crippen molar-refractivity contribution in [3.8, 4) is 0 Å². The Kier molecular flexibility index (Phi) is 7.45. The van der Waals surface area contributed by atoms with Gasteiger partial charge in [0.25, 0.3) is 0 Å². The van der Waals surface area contributed by atoms with Crippen LogP contribution in [0.2, 0.25) is 0 Å². The fraction of sp³-hybridized carbons (Fsp3) is 0.900. The molecule has 0 heterocycles. The van der Waals surface area contributed by atoms with E-state index >= 15 is 0 Å². The minimum atomic E-state index is -0.407. The van der Waals surface area contributed by atoms with Crippen LogP contribution in [0.25, 0.3) is 0 Å². The summed E-state index contributed by atoms with van der Waals surface area (Å²) in [7, 11) is 2.82. The zero-order valence-electron chi connectivity index (χ0n) is 8.93. The zero-order chi connectivity index (χ0) is 10.1. The number of rotatable bonds is 0. The van der Waals surface area contributed by atoms with Crippen molar-refractivity contribution < 1.29 is 9.53 Å². The van der Waals surface area contributed by atoms with Gasteiger partial charge in [-0.1, -0.05) is 39.0 Å². The van der Waals surface area contributed by atoms with Crippen LogP contribution in [-0.4, -0.2) is 20.3 Å². The third-order valence-corrected chi connectivity index (χ3v) is 2.28. The van der Waals surface area contributed by atoms with Gasteiger partial charge in [-0.05, 0) is 5.92 Å². The largest absolute Gasteiger partial charge is 0.453 e.